The molecule has 0 aromatic heterocycles. The summed E-state index contributed by atoms with van der Waals surface area (Å²) in [6, 6.07) is 6.66. The molecule has 0 radical (unpaired) electrons. The Hall–Kier alpha value is -2.01. The molecular weight excluding hydrogens is 383 g/mol. The lowest BCUT2D eigenvalue weighted by molar-refractivity contribution is -0.133. The molecule has 3 aliphatic rings. The fourth-order valence-corrected chi connectivity index (χ4v) is 5.28. The normalized spacial score (nSPS) is 25.9. The van der Waals surface area contributed by atoms with Crippen LogP contribution in [0.3, 0.4) is 0 Å². The summed E-state index contributed by atoms with van der Waals surface area (Å²) in [6.07, 6.45) is 5.29. The van der Waals surface area contributed by atoms with E-state index in [0.717, 1.165) is 70.4 Å². The summed E-state index contributed by atoms with van der Waals surface area (Å²) in [6.45, 7) is 6.83. The van der Waals surface area contributed by atoms with E-state index in [1.807, 2.05) is 4.90 Å². The zero-order valence-corrected chi connectivity index (χ0v) is 17.6. The molecule has 1 unspecified atom stereocenters. The summed E-state index contributed by atoms with van der Waals surface area (Å²) in [5, 5.41) is 9.40. The van der Waals surface area contributed by atoms with E-state index in [0.29, 0.717) is 31.9 Å². The van der Waals surface area contributed by atoms with E-state index in [1.165, 1.54) is 12.1 Å². The van der Waals surface area contributed by atoms with Crippen LogP contribution in [0, 0.1) is 17.1 Å². The van der Waals surface area contributed by atoms with E-state index >= 15 is 0 Å². The molecule has 6 nitrogen and oxygen atoms in total. The van der Waals surface area contributed by atoms with Crippen molar-refractivity contribution in [2.45, 2.75) is 44.2 Å². The first-order valence-electron chi connectivity index (χ1n) is 11.1. The van der Waals surface area contributed by atoms with Crippen molar-refractivity contribution in [3.63, 3.8) is 0 Å². The molecule has 1 atom stereocenters. The maximum absolute atomic E-state index is 13.5. The van der Waals surface area contributed by atoms with Crippen LogP contribution in [0.5, 0.6) is 0 Å². The van der Waals surface area contributed by atoms with Crippen LogP contribution in [0.2, 0.25) is 0 Å². The van der Waals surface area contributed by atoms with Crippen LogP contribution in [-0.4, -0.2) is 78.6 Å². The monoisotopic (exact) mass is 414 g/mol. The van der Waals surface area contributed by atoms with Gasteiger partial charge in [0, 0.05) is 38.3 Å². The number of nitriles is 1. The molecule has 7 heteroatoms. The second-order valence-corrected chi connectivity index (χ2v) is 8.79. The van der Waals surface area contributed by atoms with Crippen LogP contribution in [-0.2, 0) is 16.1 Å². The summed E-state index contributed by atoms with van der Waals surface area (Å²) < 4.78 is 18.9. The fourth-order valence-electron chi connectivity index (χ4n) is 5.28. The predicted octanol–water partition coefficient (Wildman–Crippen LogP) is 2.38. The van der Waals surface area contributed by atoms with Crippen molar-refractivity contribution in [3.05, 3.63) is 35.1 Å². The van der Waals surface area contributed by atoms with Crippen molar-refractivity contribution in [2.24, 2.45) is 0 Å². The van der Waals surface area contributed by atoms with Gasteiger partial charge in [0.1, 0.15) is 5.82 Å². The molecule has 1 aromatic carbocycles. The van der Waals surface area contributed by atoms with Crippen molar-refractivity contribution in [2.75, 3.05) is 52.5 Å². The van der Waals surface area contributed by atoms with E-state index in [4.69, 9.17) is 4.74 Å². The van der Waals surface area contributed by atoms with Crippen molar-refractivity contribution < 1.29 is 13.9 Å². The largest absolute Gasteiger partial charge is 0.379 e. The van der Waals surface area contributed by atoms with Gasteiger partial charge in [-0.1, -0.05) is 6.07 Å². The summed E-state index contributed by atoms with van der Waals surface area (Å²) in [5.74, 6) is -0.140. The second kappa shape index (κ2) is 9.42. The molecule has 3 aliphatic heterocycles. The van der Waals surface area contributed by atoms with Crippen LogP contribution < -0.4 is 0 Å². The number of hydrogen-bond acceptors (Lipinski definition) is 5. The van der Waals surface area contributed by atoms with E-state index in [9.17, 15) is 14.4 Å². The van der Waals surface area contributed by atoms with Gasteiger partial charge in [-0.3, -0.25) is 14.6 Å². The Morgan fingerprint density at radius 2 is 1.87 bits per heavy atom. The first-order chi connectivity index (χ1) is 14.6. The Labute approximate surface area is 178 Å². The summed E-state index contributed by atoms with van der Waals surface area (Å²) in [7, 11) is 0. The van der Waals surface area contributed by atoms with Crippen LogP contribution in [0.25, 0.3) is 0 Å². The number of benzene rings is 1. The Morgan fingerprint density at radius 1 is 1.10 bits per heavy atom. The fraction of sp³-hybridized carbons (Fsp3) is 0.652. The van der Waals surface area contributed by atoms with E-state index in [1.54, 1.807) is 6.07 Å². The van der Waals surface area contributed by atoms with Gasteiger partial charge >= 0.3 is 0 Å². The van der Waals surface area contributed by atoms with Gasteiger partial charge in [-0.25, -0.2) is 4.39 Å². The Morgan fingerprint density at radius 3 is 2.63 bits per heavy atom. The van der Waals surface area contributed by atoms with Gasteiger partial charge < -0.3 is 9.64 Å². The molecule has 3 saturated heterocycles. The van der Waals surface area contributed by atoms with Crippen LogP contribution >= 0.6 is 0 Å². The van der Waals surface area contributed by atoms with Crippen molar-refractivity contribution >= 4 is 5.91 Å². The molecule has 162 valence electrons. The predicted molar refractivity (Wildman–Crippen MR) is 111 cm³/mol. The van der Waals surface area contributed by atoms with Gasteiger partial charge in [-0.15, -0.1) is 0 Å². The molecule has 3 fully saturated rings. The van der Waals surface area contributed by atoms with Gasteiger partial charge in [0.15, 0.2) is 0 Å². The van der Waals surface area contributed by atoms with Gasteiger partial charge in [0.2, 0.25) is 5.91 Å². The lowest BCUT2D eigenvalue weighted by atomic mass is 9.87. The summed E-state index contributed by atoms with van der Waals surface area (Å²) in [5.41, 5.74) is 1.40. The average Bonchev–Trinajstić information content (AvgIpc) is 3.00. The van der Waals surface area contributed by atoms with Crippen LogP contribution in [0.15, 0.2) is 18.2 Å². The lowest BCUT2D eigenvalue weighted by Crippen LogP contribution is -2.46. The number of amides is 1. The van der Waals surface area contributed by atoms with Crippen molar-refractivity contribution in [1.29, 1.82) is 5.26 Å². The first kappa shape index (κ1) is 21.2. The summed E-state index contributed by atoms with van der Waals surface area (Å²) >= 11 is 0. The smallest absolute Gasteiger partial charge is 0.236 e. The molecule has 1 amide bonds. The quantitative estimate of drug-likeness (QED) is 0.757. The standard InChI is InChI=1S/C23H31FN4O2/c24-21-4-3-19(20(15-21)16-25)17-28-9-2-6-23(28)5-1-8-27(10-7-23)22(29)18-26-11-13-30-14-12-26/h3-4,15H,1-2,5-14,17-18H2. The van der Waals surface area contributed by atoms with E-state index < -0.39 is 0 Å². The van der Waals surface area contributed by atoms with Crippen LogP contribution in [0.1, 0.15) is 43.2 Å². The number of halogens is 1. The van der Waals surface area contributed by atoms with Crippen molar-refractivity contribution in [1.82, 2.24) is 14.7 Å². The van der Waals surface area contributed by atoms with Gasteiger partial charge in [-0.05, 0) is 56.3 Å². The zero-order chi connectivity index (χ0) is 21.0. The Balaban J connectivity index is 1.40. The number of carbonyl (C=O) groups is 1. The van der Waals surface area contributed by atoms with Crippen molar-refractivity contribution in [3.8, 4) is 6.07 Å². The first-order valence-corrected chi connectivity index (χ1v) is 11.1. The van der Waals surface area contributed by atoms with Crippen LogP contribution in [0.4, 0.5) is 4.39 Å². The highest BCUT2D eigenvalue weighted by Crippen LogP contribution is 2.39. The van der Waals surface area contributed by atoms with Gasteiger partial charge in [0.25, 0.3) is 0 Å². The minimum absolute atomic E-state index is 0.0785. The number of hydrogen-bond donors (Lipinski definition) is 0. The number of likely N-dealkylation sites (tertiary alicyclic amines) is 2. The molecule has 0 aliphatic carbocycles. The Kier molecular flexibility index (Phi) is 6.67. The number of carbonyl (C=O) groups excluding carboxylic acids is 1. The maximum atomic E-state index is 13.5. The van der Waals surface area contributed by atoms with Gasteiger partial charge in [0.05, 0.1) is 31.4 Å². The van der Waals surface area contributed by atoms with E-state index in [2.05, 4.69) is 15.9 Å². The Bertz CT molecular complexity index is 805. The third-order valence-corrected chi connectivity index (χ3v) is 7.03. The third kappa shape index (κ3) is 4.66. The lowest BCUT2D eigenvalue weighted by Gasteiger charge is -2.38. The molecule has 1 aromatic rings. The molecular formula is C23H31FN4O2. The molecule has 3 heterocycles. The number of rotatable bonds is 4. The number of morpholine rings is 1. The average molecular weight is 415 g/mol. The highest BCUT2D eigenvalue weighted by atomic mass is 19.1. The highest BCUT2D eigenvalue weighted by molar-refractivity contribution is 5.78. The minimum atomic E-state index is -0.365. The minimum Gasteiger partial charge on any atom is -0.379 e. The second-order valence-electron chi connectivity index (χ2n) is 8.79. The van der Waals surface area contributed by atoms with E-state index in [-0.39, 0.29) is 17.3 Å². The third-order valence-electron chi connectivity index (χ3n) is 7.03. The summed E-state index contributed by atoms with van der Waals surface area (Å²) in [4.78, 5) is 19.6. The van der Waals surface area contributed by atoms with Gasteiger partial charge in [-0.2, -0.15) is 5.26 Å². The molecule has 30 heavy (non-hydrogen) atoms. The zero-order valence-electron chi connectivity index (χ0n) is 17.6. The molecule has 4 rings (SSSR count). The number of nitrogens with zero attached hydrogens (tertiary/aromatic N) is 4. The maximum Gasteiger partial charge on any atom is 0.236 e. The SMILES string of the molecule is N#Cc1cc(F)ccc1CN1CCCC12CCCN(C(=O)CN1CCOCC1)CC2. The molecule has 0 saturated carbocycles. The highest BCUT2D eigenvalue weighted by Gasteiger charge is 2.42. The molecule has 1 spiro atoms. The molecule has 0 bridgehead atoms. The number of ether oxygens (including phenoxy) is 1. The molecule has 0 N–H and O–H groups in total. The topological polar surface area (TPSA) is 59.8 Å².